The molecule has 0 radical (unpaired) electrons. The molecule has 1 fully saturated rings. The molecule has 1 aromatic rings. The fraction of sp³-hybridized carbons (Fsp3) is 0.438. The third-order valence-electron chi connectivity index (χ3n) is 3.36. The van der Waals surface area contributed by atoms with Gasteiger partial charge in [0.25, 0.3) is 5.91 Å². The number of hydrogen-bond acceptors (Lipinski definition) is 3. The van der Waals surface area contributed by atoms with Crippen molar-refractivity contribution in [1.82, 2.24) is 10.2 Å². The zero-order chi connectivity index (χ0) is 14.4. The molecule has 0 spiro atoms. The number of amides is 1. The molecular weight excluding hydrogens is 252 g/mol. The molecular formula is C16H20N2O2. The molecule has 4 heteroatoms. The van der Waals surface area contributed by atoms with Gasteiger partial charge >= 0.3 is 0 Å². The van der Waals surface area contributed by atoms with E-state index in [-0.39, 0.29) is 18.6 Å². The van der Waals surface area contributed by atoms with Gasteiger partial charge in [0.1, 0.15) is 0 Å². The van der Waals surface area contributed by atoms with Gasteiger partial charge in [-0.15, -0.1) is 0 Å². The van der Waals surface area contributed by atoms with Crippen LogP contribution in [0, 0.1) is 11.8 Å². The van der Waals surface area contributed by atoms with E-state index in [0.29, 0.717) is 17.5 Å². The van der Waals surface area contributed by atoms with E-state index < -0.39 is 0 Å². The topological polar surface area (TPSA) is 52.6 Å². The minimum atomic E-state index is -0.0702. The maximum atomic E-state index is 12.3. The highest BCUT2D eigenvalue weighted by Crippen LogP contribution is 2.11. The Hall–Kier alpha value is -1.83. The van der Waals surface area contributed by atoms with Gasteiger partial charge in [-0.3, -0.25) is 4.79 Å². The number of nitrogens with zero attached hydrogens (tertiary/aromatic N) is 1. The van der Waals surface area contributed by atoms with E-state index in [9.17, 15) is 4.79 Å². The molecule has 1 aromatic carbocycles. The molecule has 0 aliphatic carbocycles. The van der Waals surface area contributed by atoms with Crippen LogP contribution in [0.25, 0.3) is 0 Å². The van der Waals surface area contributed by atoms with Crippen molar-refractivity contribution in [1.29, 1.82) is 0 Å². The molecule has 1 unspecified atom stereocenters. The molecule has 1 aliphatic rings. The summed E-state index contributed by atoms with van der Waals surface area (Å²) in [6, 6.07) is 7.54. The van der Waals surface area contributed by atoms with E-state index in [0.717, 1.165) is 19.5 Å². The number of carbonyl (C=O) groups is 1. The highest BCUT2D eigenvalue weighted by molar-refractivity contribution is 5.96. The van der Waals surface area contributed by atoms with Crippen molar-refractivity contribution in [3.8, 4) is 11.8 Å². The van der Waals surface area contributed by atoms with Crippen LogP contribution in [0.15, 0.2) is 24.3 Å². The fourth-order valence-corrected chi connectivity index (χ4v) is 2.32. The standard InChI is InChI=1S/C16H20N2O2/c1-18-10-9-14(12-18)17-16(20)15-8-3-2-6-13(15)7-4-5-11-19/h2-3,6,8,14,19H,5,9-12H2,1H3,(H,17,20). The van der Waals surface area contributed by atoms with Crippen molar-refractivity contribution >= 4 is 5.91 Å². The number of nitrogens with one attached hydrogen (secondary N) is 1. The van der Waals surface area contributed by atoms with Crippen LogP contribution in [0.5, 0.6) is 0 Å². The summed E-state index contributed by atoms with van der Waals surface area (Å²) >= 11 is 0. The molecule has 1 heterocycles. The zero-order valence-corrected chi connectivity index (χ0v) is 11.7. The van der Waals surface area contributed by atoms with Gasteiger partial charge in [0, 0.05) is 24.6 Å². The Balaban J connectivity index is 2.08. The Kier molecular flexibility index (Phi) is 5.16. The van der Waals surface area contributed by atoms with Gasteiger partial charge in [0.2, 0.25) is 0 Å². The summed E-state index contributed by atoms with van der Waals surface area (Å²) in [5, 5.41) is 11.8. The number of aliphatic hydroxyl groups excluding tert-OH is 1. The number of carbonyl (C=O) groups excluding carboxylic acids is 1. The predicted octanol–water partition coefficient (Wildman–Crippen LogP) is 0.854. The first-order chi connectivity index (χ1) is 9.70. The molecule has 106 valence electrons. The van der Waals surface area contributed by atoms with Crippen LogP contribution in [-0.2, 0) is 0 Å². The van der Waals surface area contributed by atoms with E-state index >= 15 is 0 Å². The Labute approximate surface area is 119 Å². The average Bonchev–Trinajstić information content (AvgIpc) is 2.85. The number of likely N-dealkylation sites (N-methyl/N-ethyl adjacent to an activating group) is 1. The van der Waals surface area contributed by atoms with Crippen molar-refractivity contribution in [2.45, 2.75) is 18.9 Å². The monoisotopic (exact) mass is 272 g/mol. The van der Waals surface area contributed by atoms with Crippen LogP contribution in [0.3, 0.4) is 0 Å². The molecule has 1 aliphatic heterocycles. The summed E-state index contributed by atoms with van der Waals surface area (Å²) in [5.74, 6) is 5.74. The molecule has 0 bridgehead atoms. The van der Waals surface area contributed by atoms with Crippen LogP contribution >= 0.6 is 0 Å². The van der Waals surface area contributed by atoms with E-state index in [4.69, 9.17) is 5.11 Å². The smallest absolute Gasteiger partial charge is 0.252 e. The summed E-state index contributed by atoms with van der Waals surface area (Å²) < 4.78 is 0. The van der Waals surface area contributed by atoms with Gasteiger partial charge in [-0.05, 0) is 32.1 Å². The van der Waals surface area contributed by atoms with Gasteiger partial charge in [-0.2, -0.15) is 0 Å². The molecule has 2 N–H and O–H groups in total. The first kappa shape index (κ1) is 14.6. The van der Waals surface area contributed by atoms with Crippen molar-refractivity contribution < 1.29 is 9.90 Å². The second-order valence-corrected chi connectivity index (χ2v) is 5.04. The van der Waals surface area contributed by atoms with Crippen molar-refractivity contribution in [3.63, 3.8) is 0 Å². The van der Waals surface area contributed by atoms with E-state index in [2.05, 4.69) is 29.1 Å². The molecule has 0 aromatic heterocycles. The lowest BCUT2D eigenvalue weighted by Crippen LogP contribution is -2.36. The summed E-state index contributed by atoms with van der Waals surface area (Å²) in [6.45, 7) is 1.95. The minimum Gasteiger partial charge on any atom is -0.395 e. The van der Waals surface area contributed by atoms with Crippen LogP contribution in [0.1, 0.15) is 28.8 Å². The summed E-state index contributed by atoms with van der Waals surface area (Å²) in [6.07, 6.45) is 1.41. The second-order valence-electron chi connectivity index (χ2n) is 5.04. The molecule has 1 atom stereocenters. The number of benzene rings is 1. The van der Waals surface area contributed by atoms with Gasteiger partial charge in [0.15, 0.2) is 0 Å². The lowest BCUT2D eigenvalue weighted by Gasteiger charge is -2.13. The van der Waals surface area contributed by atoms with Crippen LogP contribution in [-0.4, -0.2) is 48.7 Å². The number of aliphatic hydroxyl groups is 1. The third-order valence-corrected chi connectivity index (χ3v) is 3.36. The maximum Gasteiger partial charge on any atom is 0.252 e. The SMILES string of the molecule is CN1CCC(NC(=O)c2ccccc2C#CCCO)C1. The first-order valence-corrected chi connectivity index (χ1v) is 6.89. The van der Waals surface area contributed by atoms with Gasteiger partial charge in [-0.25, -0.2) is 0 Å². The van der Waals surface area contributed by atoms with E-state index in [1.165, 1.54) is 0 Å². The van der Waals surface area contributed by atoms with Crippen LogP contribution in [0.4, 0.5) is 0 Å². The molecule has 1 amide bonds. The maximum absolute atomic E-state index is 12.3. The zero-order valence-electron chi connectivity index (χ0n) is 11.7. The number of hydrogen-bond donors (Lipinski definition) is 2. The summed E-state index contributed by atoms with van der Waals surface area (Å²) in [5.41, 5.74) is 1.32. The Morgan fingerprint density at radius 1 is 1.50 bits per heavy atom. The number of rotatable bonds is 3. The minimum absolute atomic E-state index is 0.0375. The van der Waals surface area contributed by atoms with Crippen molar-refractivity contribution in [2.24, 2.45) is 0 Å². The average molecular weight is 272 g/mol. The predicted molar refractivity (Wildman–Crippen MR) is 78.4 cm³/mol. The molecule has 4 nitrogen and oxygen atoms in total. The molecule has 2 rings (SSSR count). The van der Waals surface area contributed by atoms with Crippen molar-refractivity contribution in [3.05, 3.63) is 35.4 Å². The Bertz CT molecular complexity index is 531. The largest absolute Gasteiger partial charge is 0.395 e. The fourth-order valence-electron chi connectivity index (χ4n) is 2.32. The highest BCUT2D eigenvalue weighted by atomic mass is 16.2. The van der Waals surface area contributed by atoms with Gasteiger partial charge in [0.05, 0.1) is 12.2 Å². The van der Waals surface area contributed by atoms with Crippen molar-refractivity contribution in [2.75, 3.05) is 26.7 Å². The highest BCUT2D eigenvalue weighted by Gasteiger charge is 2.22. The lowest BCUT2D eigenvalue weighted by molar-refractivity contribution is 0.0938. The quantitative estimate of drug-likeness (QED) is 0.802. The second kappa shape index (κ2) is 7.09. The Morgan fingerprint density at radius 3 is 3.00 bits per heavy atom. The first-order valence-electron chi connectivity index (χ1n) is 6.89. The van der Waals surface area contributed by atoms with E-state index in [1.54, 1.807) is 6.07 Å². The van der Waals surface area contributed by atoms with Crippen LogP contribution in [0.2, 0.25) is 0 Å². The summed E-state index contributed by atoms with van der Waals surface area (Å²) in [7, 11) is 2.06. The molecule has 0 saturated carbocycles. The van der Waals surface area contributed by atoms with Gasteiger partial charge in [-0.1, -0.05) is 24.0 Å². The number of likely N-dealkylation sites (tertiary alicyclic amines) is 1. The van der Waals surface area contributed by atoms with Crippen LogP contribution < -0.4 is 5.32 Å². The molecule has 1 saturated heterocycles. The van der Waals surface area contributed by atoms with E-state index in [1.807, 2.05) is 18.2 Å². The van der Waals surface area contributed by atoms with Gasteiger partial charge < -0.3 is 15.3 Å². The molecule has 20 heavy (non-hydrogen) atoms. The summed E-state index contributed by atoms with van der Waals surface area (Å²) in [4.78, 5) is 14.5. The lowest BCUT2D eigenvalue weighted by atomic mass is 10.1. The normalized spacial score (nSPS) is 18.4. The third kappa shape index (κ3) is 3.83. The Morgan fingerprint density at radius 2 is 2.30 bits per heavy atom.